The molecule has 2 saturated heterocycles. The summed E-state index contributed by atoms with van der Waals surface area (Å²) in [6.07, 6.45) is 0. The van der Waals surface area contributed by atoms with E-state index in [2.05, 4.69) is 16.8 Å². The van der Waals surface area contributed by atoms with Crippen LogP contribution in [0.5, 0.6) is 0 Å². The summed E-state index contributed by atoms with van der Waals surface area (Å²) in [7, 11) is 3.92. The molecular weight excluding hydrogens is 180 g/mol. The highest BCUT2D eigenvalue weighted by molar-refractivity contribution is 5.00. The Morgan fingerprint density at radius 2 is 2.14 bits per heavy atom. The fraction of sp³-hybridized carbons (Fsp3) is 1.00. The van der Waals surface area contributed by atoms with Crippen LogP contribution in [-0.4, -0.2) is 75.5 Å². The summed E-state index contributed by atoms with van der Waals surface area (Å²) in [5.41, 5.74) is 0.140. The third-order valence-electron chi connectivity index (χ3n) is 3.07. The summed E-state index contributed by atoms with van der Waals surface area (Å²) in [4.78, 5) is 4.75. The molecule has 0 aromatic heterocycles. The van der Waals surface area contributed by atoms with Crippen molar-refractivity contribution < 1.29 is 9.47 Å². The molecule has 2 aliphatic rings. The Labute approximate surface area is 85.8 Å². The van der Waals surface area contributed by atoms with Crippen molar-refractivity contribution in [2.24, 2.45) is 0 Å². The summed E-state index contributed by atoms with van der Waals surface area (Å²) in [6.45, 7) is 7.03. The normalized spacial score (nSPS) is 27.9. The molecule has 0 aromatic rings. The molecule has 0 radical (unpaired) electrons. The molecule has 4 heteroatoms. The number of morpholine rings is 1. The topological polar surface area (TPSA) is 24.9 Å². The maximum absolute atomic E-state index is 5.86. The van der Waals surface area contributed by atoms with Gasteiger partial charge in [0.05, 0.1) is 13.2 Å². The predicted octanol–water partition coefficient (Wildman–Crippen LogP) is -0.351. The number of ether oxygens (including phenoxy) is 2. The van der Waals surface area contributed by atoms with E-state index < -0.39 is 0 Å². The number of nitrogens with zero attached hydrogens (tertiary/aromatic N) is 2. The van der Waals surface area contributed by atoms with E-state index in [0.29, 0.717) is 0 Å². The van der Waals surface area contributed by atoms with Crippen LogP contribution in [0.2, 0.25) is 0 Å². The number of hydrogen-bond donors (Lipinski definition) is 0. The SMILES string of the molecule is COCCN1CC2(CN(C)CCO2)C1. The second kappa shape index (κ2) is 4.14. The Hall–Kier alpha value is -0.160. The standard InChI is InChI=1S/C10H20N2O2/c1-11-3-6-14-10(7-11)8-12(9-10)4-5-13-2/h3-9H2,1-2H3. The van der Waals surface area contributed by atoms with Crippen molar-refractivity contribution in [3.8, 4) is 0 Å². The first-order chi connectivity index (χ1) is 6.74. The number of rotatable bonds is 3. The summed E-state index contributed by atoms with van der Waals surface area (Å²) in [5.74, 6) is 0. The zero-order valence-electron chi connectivity index (χ0n) is 9.16. The van der Waals surface area contributed by atoms with Crippen LogP contribution in [-0.2, 0) is 9.47 Å². The number of hydrogen-bond acceptors (Lipinski definition) is 4. The van der Waals surface area contributed by atoms with Gasteiger partial charge in [0.2, 0.25) is 0 Å². The number of likely N-dealkylation sites (tertiary alicyclic amines) is 1. The zero-order valence-corrected chi connectivity index (χ0v) is 9.16. The van der Waals surface area contributed by atoms with Gasteiger partial charge in [0.15, 0.2) is 0 Å². The minimum atomic E-state index is 0.140. The number of methoxy groups -OCH3 is 1. The van der Waals surface area contributed by atoms with Crippen LogP contribution in [0.15, 0.2) is 0 Å². The molecule has 2 fully saturated rings. The molecule has 82 valence electrons. The molecule has 0 unspecified atom stereocenters. The molecule has 2 rings (SSSR count). The maximum atomic E-state index is 5.86. The molecule has 0 saturated carbocycles. The molecule has 2 heterocycles. The molecule has 0 aromatic carbocycles. The van der Waals surface area contributed by atoms with Gasteiger partial charge < -0.3 is 14.4 Å². The van der Waals surface area contributed by atoms with Crippen molar-refractivity contribution in [3.63, 3.8) is 0 Å². The molecule has 0 amide bonds. The lowest BCUT2D eigenvalue weighted by molar-refractivity contribution is -0.181. The van der Waals surface area contributed by atoms with Gasteiger partial charge in [-0.1, -0.05) is 0 Å². The van der Waals surface area contributed by atoms with Gasteiger partial charge >= 0.3 is 0 Å². The second-order valence-corrected chi connectivity index (χ2v) is 4.47. The predicted molar refractivity (Wildman–Crippen MR) is 54.5 cm³/mol. The van der Waals surface area contributed by atoms with Crippen molar-refractivity contribution in [1.82, 2.24) is 9.80 Å². The van der Waals surface area contributed by atoms with E-state index in [1.807, 2.05) is 0 Å². The quantitative estimate of drug-likeness (QED) is 0.621. The average molecular weight is 200 g/mol. The van der Waals surface area contributed by atoms with Crippen LogP contribution >= 0.6 is 0 Å². The molecule has 2 aliphatic heterocycles. The van der Waals surface area contributed by atoms with E-state index in [1.165, 1.54) is 0 Å². The van der Waals surface area contributed by atoms with Gasteiger partial charge in [-0.05, 0) is 7.05 Å². The highest BCUT2D eigenvalue weighted by Gasteiger charge is 2.45. The van der Waals surface area contributed by atoms with Crippen molar-refractivity contribution in [2.45, 2.75) is 5.60 Å². The number of likely N-dealkylation sites (N-methyl/N-ethyl adjacent to an activating group) is 1. The van der Waals surface area contributed by atoms with Crippen LogP contribution < -0.4 is 0 Å². The van der Waals surface area contributed by atoms with E-state index in [9.17, 15) is 0 Å². The van der Waals surface area contributed by atoms with E-state index >= 15 is 0 Å². The lowest BCUT2D eigenvalue weighted by Gasteiger charge is -2.53. The van der Waals surface area contributed by atoms with Crippen LogP contribution in [0.25, 0.3) is 0 Å². The Balaban J connectivity index is 1.74. The van der Waals surface area contributed by atoms with Gasteiger partial charge in [-0.3, -0.25) is 4.90 Å². The van der Waals surface area contributed by atoms with Crippen LogP contribution in [0, 0.1) is 0 Å². The highest BCUT2D eigenvalue weighted by Crippen LogP contribution is 2.28. The van der Waals surface area contributed by atoms with Gasteiger partial charge in [0.25, 0.3) is 0 Å². The summed E-state index contributed by atoms with van der Waals surface area (Å²) < 4.78 is 10.9. The molecular formula is C10H20N2O2. The highest BCUT2D eigenvalue weighted by atomic mass is 16.5. The molecule has 14 heavy (non-hydrogen) atoms. The van der Waals surface area contributed by atoms with Crippen LogP contribution in [0.1, 0.15) is 0 Å². The van der Waals surface area contributed by atoms with E-state index in [4.69, 9.17) is 9.47 Å². The van der Waals surface area contributed by atoms with Gasteiger partial charge in [-0.2, -0.15) is 0 Å². The van der Waals surface area contributed by atoms with Crippen LogP contribution in [0.3, 0.4) is 0 Å². The summed E-state index contributed by atoms with van der Waals surface area (Å²) >= 11 is 0. The minimum absolute atomic E-state index is 0.140. The van der Waals surface area contributed by atoms with Gasteiger partial charge in [-0.15, -0.1) is 0 Å². The second-order valence-electron chi connectivity index (χ2n) is 4.47. The van der Waals surface area contributed by atoms with E-state index in [1.54, 1.807) is 7.11 Å². The van der Waals surface area contributed by atoms with Gasteiger partial charge in [0.1, 0.15) is 5.60 Å². The minimum Gasteiger partial charge on any atom is -0.383 e. The monoisotopic (exact) mass is 200 g/mol. The molecule has 1 spiro atoms. The largest absolute Gasteiger partial charge is 0.383 e. The molecule has 0 atom stereocenters. The van der Waals surface area contributed by atoms with Crippen molar-refractivity contribution in [2.75, 3.05) is 60.1 Å². The smallest absolute Gasteiger partial charge is 0.106 e. The zero-order chi connectivity index (χ0) is 10.0. The summed E-state index contributed by atoms with van der Waals surface area (Å²) in [5, 5.41) is 0. The fourth-order valence-electron chi connectivity index (χ4n) is 2.37. The van der Waals surface area contributed by atoms with Crippen LogP contribution in [0.4, 0.5) is 0 Å². The first kappa shape index (κ1) is 10.4. The molecule has 0 bridgehead atoms. The average Bonchev–Trinajstić information content (AvgIpc) is 2.11. The molecule has 0 aliphatic carbocycles. The van der Waals surface area contributed by atoms with Crippen molar-refractivity contribution in [3.05, 3.63) is 0 Å². The molecule has 0 N–H and O–H groups in total. The Morgan fingerprint density at radius 3 is 2.79 bits per heavy atom. The van der Waals surface area contributed by atoms with E-state index in [-0.39, 0.29) is 5.60 Å². The van der Waals surface area contributed by atoms with Crippen molar-refractivity contribution in [1.29, 1.82) is 0 Å². The summed E-state index contributed by atoms with van der Waals surface area (Å²) in [6, 6.07) is 0. The lowest BCUT2D eigenvalue weighted by Crippen LogP contribution is -2.69. The van der Waals surface area contributed by atoms with Gasteiger partial charge in [0, 0.05) is 39.8 Å². The van der Waals surface area contributed by atoms with E-state index in [0.717, 1.165) is 45.9 Å². The fourth-order valence-corrected chi connectivity index (χ4v) is 2.37. The first-order valence-electron chi connectivity index (χ1n) is 5.28. The Bertz CT molecular complexity index is 193. The van der Waals surface area contributed by atoms with Gasteiger partial charge in [-0.25, -0.2) is 0 Å². The van der Waals surface area contributed by atoms with Crippen molar-refractivity contribution >= 4 is 0 Å². The molecule has 4 nitrogen and oxygen atoms in total. The lowest BCUT2D eigenvalue weighted by atomic mass is 9.92. The third kappa shape index (κ3) is 2.08. The first-order valence-corrected chi connectivity index (χ1v) is 5.28. The maximum Gasteiger partial charge on any atom is 0.106 e. The Kier molecular flexibility index (Phi) is 3.07. The Morgan fingerprint density at radius 1 is 1.36 bits per heavy atom. The third-order valence-corrected chi connectivity index (χ3v) is 3.07.